The molecule has 0 saturated carbocycles. The number of carbonyl (C=O) groups excluding carboxylic acids is 1. The van der Waals surface area contributed by atoms with Crippen molar-refractivity contribution < 1.29 is 19.4 Å². The molecule has 1 heterocycles. The van der Waals surface area contributed by atoms with Crippen LogP contribution in [0.2, 0.25) is 0 Å². The Hall–Kier alpha value is -4.45. The van der Waals surface area contributed by atoms with Gasteiger partial charge in [-0.25, -0.2) is 9.59 Å². The van der Waals surface area contributed by atoms with E-state index in [0.29, 0.717) is 18.7 Å². The lowest BCUT2D eigenvalue weighted by Gasteiger charge is -2.24. The second kappa shape index (κ2) is 9.81. The van der Waals surface area contributed by atoms with E-state index in [1.165, 1.54) is 28.2 Å². The summed E-state index contributed by atoms with van der Waals surface area (Å²) in [5.74, 6) is -1.06. The van der Waals surface area contributed by atoms with Crippen molar-refractivity contribution in [3.63, 3.8) is 0 Å². The molecule has 0 fully saturated rings. The monoisotopic (exact) mass is 464 g/mol. The van der Waals surface area contributed by atoms with Gasteiger partial charge in [-0.2, -0.15) is 0 Å². The van der Waals surface area contributed by atoms with Crippen molar-refractivity contribution in [2.24, 2.45) is 0 Å². The highest BCUT2D eigenvalue weighted by molar-refractivity contribution is 5.91. The van der Waals surface area contributed by atoms with Gasteiger partial charge in [0.1, 0.15) is 6.61 Å². The molecule has 4 aromatic rings. The highest BCUT2D eigenvalue weighted by atomic mass is 16.6. The van der Waals surface area contributed by atoms with Crippen molar-refractivity contribution in [3.05, 3.63) is 120 Å². The van der Waals surface area contributed by atoms with Gasteiger partial charge in [0.2, 0.25) is 0 Å². The number of amides is 1. The van der Waals surface area contributed by atoms with Crippen molar-refractivity contribution >= 4 is 17.7 Å². The minimum atomic E-state index is -1.02. The second-order valence-corrected chi connectivity index (χ2v) is 8.38. The van der Waals surface area contributed by atoms with Crippen LogP contribution >= 0.6 is 0 Å². The number of carboxylic acid groups (broad SMARTS) is 1. The summed E-state index contributed by atoms with van der Waals surface area (Å²) in [7, 11) is 0. The quantitative estimate of drug-likeness (QED) is 0.375. The molecular weight excluding hydrogens is 440 g/mol. The number of carboxylic acids is 1. The smallest absolute Gasteiger partial charge is 0.414 e. The molecule has 6 nitrogen and oxygen atoms in total. The molecule has 5 rings (SSSR count). The van der Waals surface area contributed by atoms with Gasteiger partial charge in [-0.15, -0.1) is 0 Å². The lowest BCUT2D eigenvalue weighted by atomic mass is 9.98. The van der Waals surface area contributed by atoms with E-state index in [1.54, 1.807) is 18.3 Å². The molecule has 0 saturated heterocycles. The van der Waals surface area contributed by atoms with Gasteiger partial charge in [-0.1, -0.05) is 54.6 Å². The van der Waals surface area contributed by atoms with Crippen LogP contribution in [0.25, 0.3) is 11.1 Å². The Balaban J connectivity index is 1.37. The Bertz CT molecular complexity index is 1310. The van der Waals surface area contributed by atoms with Crippen LogP contribution in [0.1, 0.15) is 33.1 Å². The maximum Gasteiger partial charge on any atom is 0.414 e. The third-order valence-electron chi connectivity index (χ3n) is 6.30. The molecule has 0 aliphatic heterocycles. The largest absolute Gasteiger partial charge is 0.478 e. The fourth-order valence-electron chi connectivity index (χ4n) is 4.55. The molecule has 35 heavy (non-hydrogen) atoms. The molecule has 1 aliphatic rings. The van der Waals surface area contributed by atoms with Crippen LogP contribution in [-0.4, -0.2) is 35.3 Å². The summed E-state index contributed by atoms with van der Waals surface area (Å²) < 4.78 is 5.87. The molecule has 1 aliphatic carbocycles. The molecule has 1 aromatic heterocycles. The summed E-state index contributed by atoms with van der Waals surface area (Å²) in [6, 6.07) is 28.3. The van der Waals surface area contributed by atoms with Crippen LogP contribution in [0.5, 0.6) is 0 Å². The van der Waals surface area contributed by atoms with Gasteiger partial charge < -0.3 is 9.84 Å². The molecule has 6 heteroatoms. The Morgan fingerprint density at radius 2 is 1.46 bits per heavy atom. The molecule has 0 bridgehead atoms. The van der Waals surface area contributed by atoms with Crippen molar-refractivity contribution in [2.75, 3.05) is 18.1 Å². The zero-order chi connectivity index (χ0) is 24.2. The summed E-state index contributed by atoms with van der Waals surface area (Å²) >= 11 is 0. The second-order valence-electron chi connectivity index (χ2n) is 8.38. The first-order chi connectivity index (χ1) is 17.1. The highest BCUT2D eigenvalue weighted by Crippen LogP contribution is 2.44. The van der Waals surface area contributed by atoms with Gasteiger partial charge in [-0.05, 0) is 58.7 Å². The summed E-state index contributed by atoms with van der Waals surface area (Å²) in [6.45, 7) is 0.556. The van der Waals surface area contributed by atoms with Crippen molar-refractivity contribution in [3.8, 4) is 11.1 Å². The number of anilines is 1. The number of aromatic carboxylic acids is 1. The van der Waals surface area contributed by atoms with Gasteiger partial charge in [0, 0.05) is 36.5 Å². The zero-order valence-corrected chi connectivity index (χ0v) is 19.0. The van der Waals surface area contributed by atoms with Crippen LogP contribution < -0.4 is 4.90 Å². The predicted octanol–water partition coefficient (Wildman–Crippen LogP) is 5.78. The standard InChI is InChI=1S/C29H24N2O4/c32-28(33)20-12-14-22(15-13-20)31(18-16-21-7-5-6-17-30-21)29(34)35-19-27-25-10-3-1-8-23(25)24-9-2-4-11-26(24)27/h1-15,17,27H,16,18-19H2,(H,32,33). The van der Waals surface area contributed by atoms with E-state index in [4.69, 9.17) is 4.74 Å². The Labute approximate surface area is 203 Å². The maximum atomic E-state index is 13.3. The number of carbonyl (C=O) groups is 2. The Morgan fingerprint density at radius 1 is 0.829 bits per heavy atom. The number of hydrogen-bond acceptors (Lipinski definition) is 4. The van der Waals surface area contributed by atoms with Gasteiger partial charge in [-0.3, -0.25) is 9.88 Å². The van der Waals surface area contributed by atoms with Crippen molar-refractivity contribution in [1.29, 1.82) is 0 Å². The van der Waals surface area contributed by atoms with E-state index in [-0.39, 0.29) is 18.1 Å². The number of benzene rings is 3. The van der Waals surface area contributed by atoms with E-state index in [0.717, 1.165) is 16.8 Å². The van der Waals surface area contributed by atoms with Crippen LogP contribution in [0, 0.1) is 0 Å². The fourth-order valence-corrected chi connectivity index (χ4v) is 4.55. The SMILES string of the molecule is O=C(O)c1ccc(N(CCc2ccccn2)C(=O)OCC2c3ccccc3-c3ccccc32)cc1. The first-order valence-corrected chi connectivity index (χ1v) is 11.5. The molecule has 3 aromatic carbocycles. The summed E-state index contributed by atoms with van der Waals surface area (Å²) in [5.41, 5.74) is 6.21. The van der Waals surface area contributed by atoms with E-state index in [2.05, 4.69) is 29.2 Å². The Kier molecular flexibility index (Phi) is 6.26. The minimum Gasteiger partial charge on any atom is -0.478 e. The normalized spacial score (nSPS) is 12.0. The molecule has 174 valence electrons. The number of rotatable bonds is 7. The van der Waals surface area contributed by atoms with Crippen LogP contribution in [0.4, 0.5) is 10.5 Å². The number of nitrogens with zero attached hydrogens (tertiary/aromatic N) is 2. The number of fused-ring (bicyclic) bond motifs is 3. The fraction of sp³-hybridized carbons (Fsp3) is 0.138. The Morgan fingerprint density at radius 3 is 2.06 bits per heavy atom. The summed E-state index contributed by atoms with van der Waals surface area (Å²) in [6.07, 6.45) is 1.77. The van der Waals surface area contributed by atoms with E-state index in [1.807, 2.05) is 42.5 Å². The average Bonchev–Trinajstić information content (AvgIpc) is 3.22. The predicted molar refractivity (Wildman–Crippen MR) is 134 cm³/mol. The molecule has 0 atom stereocenters. The molecular formula is C29H24N2O4. The lowest BCUT2D eigenvalue weighted by Crippen LogP contribution is -2.34. The molecule has 1 N–H and O–H groups in total. The average molecular weight is 465 g/mol. The minimum absolute atomic E-state index is 0.0432. The van der Waals surface area contributed by atoms with E-state index >= 15 is 0 Å². The van der Waals surface area contributed by atoms with Gasteiger partial charge in [0.05, 0.1) is 5.56 Å². The molecule has 0 spiro atoms. The van der Waals surface area contributed by atoms with Crippen molar-refractivity contribution in [2.45, 2.75) is 12.3 Å². The lowest BCUT2D eigenvalue weighted by molar-refractivity contribution is 0.0697. The maximum absolute atomic E-state index is 13.3. The number of ether oxygens (including phenoxy) is 1. The summed E-state index contributed by atoms with van der Waals surface area (Å²) in [4.78, 5) is 30.5. The zero-order valence-electron chi connectivity index (χ0n) is 19.0. The summed E-state index contributed by atoms with van der Waals surface area (Å²) in [5, 5.41) is 9.23. The third kappa shape index (κ3) is 4.64. The number of pyridine rings is 1. The first kappa shape index (κ1) is 22.3. The number of aromatic nitrogens is 1. The van der Waals surface area contributed by atoms with Gasteiger partial charge in [0.15, 0.2) is 0 Å². The number of hydrogen-bond donors (Lipinski definition) is 1. The van der Waals surface area contributed by atoms with Gasteiger partial charge in [0.25, 0.3) is 0 Å². The molecule has 1 amide bonds. The third-order valence-corrected chi connectivity index (χ3v) is 6.30. The molecule has 0 unspecified atom stereocenters. The van der Waals surface area contributed by atoms with Gasteiger partial charge >= 0.3 is 12.1 Å². The topological polar surface area (TPSA) is 79.7 Å². The van der Waals surface area contributed by atoms with Crippen LogP contribution in [0.15, 0.2) is 97.2 Å². The van der Waals surface area contributed by atoms with E-state index in [9.17, 15) is 14.7 Å². The van der Waals surface area contributed by atoms with Crippen LogP contribution in [-0.2, 0) is 11.2 Å². The van der Waals surface area contributed by atoms with Crippen LogP contribution in [0.3, 0.4) is 0 Å². The first-order valence-electron chi connectivity index (χ1n) is 11.5. The molecule has 0 radical (unpaired) electrons. The van der Waals surface area contributed by atoms with E-state index < -0.39 is 12.1 Å². The van der Waals surface area contributed by atoms with Crippen molar-refractivity contribution in [1.82, 2.24) is 4.98 Å². The highest BCUT2D eigenvalue weighted by Gasteiger charge is 2.30.